The molecule has 2 atom stereocenters. The number of aromatic hydroxyl groups is 3. The molecule has 3 rings (SSSR count). The van der Waals surface area contributed by atoms with E-state index in [1.165, 1.54) is 19.2 Å². The molecule has 0 aliphatic rings. The average Bonchev–Trinajstić information content (AvgIpc) is 2.82. The number of methoxy groups -OCH3 is 1. The van der Waals surface area contributed by atoms with Crippen LogP contribution in [0.1, 0.15) is 44.7 Å². The summed E-state index contributed by atoms with van der Waals surface area (Å²) < 4.78 is 11.3. The minimum Gasteiger partial charge on any atom is -0.507 e. The van der Waals surface area contributed by atoms with Gasteiger partial charge >= 0.3 is 0 Å². The van der Waals surface area contributed by atoms with Gasteiger partial charge in [0.25, 0.3) is 0 Å². The molecular weight excluding hydrogens is 476 g/mol. The Balaban J connectivity index is 2.21. The van der Waals surface area contributed by atoms with Crippen LogP contribution in [-0.2, 0) is 12.8 Å². The molecule has 8 heteroatoms. The van der Waals surface area contributed by atoms with E-state index < -0.39 is 23.4 Å². The summed E-state index contributed by atoms with van der Waals surface area (Å²) in [6, 6.07) is 2.46. The van der Waals surface area contributed by atoms with Crippen molar-refractivity contribution in [2.75, 3.05) is 7.11 Å². The molecule has 0 saturated heterocycles. The van der Waals surface area contributed by atoms with Gasteiger partial charge in [-0.1, -0.05) is 36.0 Å². The SMILES string of the molecule is C=C(C)C(O)CC/C(C)=C/Cc1c(OC)c(O)cc2oc3cc(O)c(CC(O)C(=C)C)c(O)c3c(=O)c12. The third kappa shape index (κ3) is 5.65. The van der Waals surface area contributed by atoms with E-state index in [1.54, 1.807) is 13.8 Å². The zero-order valence-corrected chi connectivity index (χ0v) is 21.6. The quantitative estimate of drug-likeness (QED) is 0.194. The lowest BCUT2D eigenvalue weighted by atomic mass is 9.96. The highest BCUT2D eigenvalue weighted by Crippen LogP contribution is 2.41. The predicted octanol–water partition coefficient (Wildman–Crippen LogP) is 4.76. The summed E-state index contributed by atoms with van der Waals surface area (Å²) in [5, 5.41) is 52.2. The van der Waals surface area contributed by atoms with Crippen molar-refractivity contribution in [3.05, 3.63) is 69.4 Å². The maximum absolute atomic E-state index is 13.7. The van der Waals surface area contributed by atoms with Gasteiger partial charge in [-0.2, -0.15) is 0 Å². The van der Waals surface area contributed by atoms with Gasteiger partial charge in [0.05, 0.1) is 24.7 Å². The number of benzene rings is 2. The molecule has 0 saturated carbocycles. The van der Waals surface area contributed by atoms with Gasteiger partial charge in [0.1, 0.15) is 28.1 Å². The Hall–Kier alpha value is -3.75. The van der Waals surface area contributed by atoms with Gasteiger partial charge in [-0.05, 0) is 40.0 Å². The molecule has 5 N–H and O–H groups in total. The van der Waals surface area contributed by atoms with E-state index in [0.717, 1.165) is 5.57 Å². The molecule has 0 radical (unpaired) electrons. The van der Waals surface area contributed by atoms with Crippen molar-refractivity contribution in [3.8, 4) is 23.0 Å². The van der Waals surface area contributed by atoms with Crippen LogP contribution < -0.4 is 10.2 Å². The third-order valence-corrected chi connectivity index (χ3v) is 6.55. The second-order valence-electron chi connectivity index (χ2n) is 9.53. The summed E-state index contributed by atoms with van der Waals surface area (Å²) in [6.07, 6.45) is 1.37. The van der Waals surface area contributed by atoms with Crippen LogP contribution in [0.5, 0.6) is 23.0 Å². The Kier molecular flexibility index (Phi) is 8.35. The first-order valence-electron chi connectivity index (χ1n) is 11.9. The highest BCUT2D eigenvalue weighted by molar-refractivity contribution is 5.97. The van der Waals surface area contributed by atoms with Crippen LogP contribution in [0.2, 0.25) is 0 Å². The average molecular weight is 511 g/mol. The second-order valence-corrected chi connectivity index (χ2v) is 9.53. The van der Waals surface area contributed by atoms with Crippen LogP contribution in [0.3, 0.4) is 0 Å². The number of aliphatic hydroxyl groups excluding tert-OH is 2. The molecular formula is C29H34O8. The fourth-order valence-electron chi connectivity index (χ4n) is 4.20. The van der Waals surface area contributed by atoms with Crippen molar-refractivity contribution < 1.29 is 34.7 Å². The van der Waals surface area contributed by atoms with Crippen molar-refractivity contribution in [1.29, 1.82) is 0 Å². The van der Waals surface area contributed by atoms with Crippen molar-refractivity contribution in [2.45, 2.75) is 58.7 Å². The van der Waals surface area contributed by atoms with E-state index in [0.29, 0.717) is 29.6 Å². The molecule has 8 nitrogen and oxygen atoms in total. The van der Waals surface area contributed by atoms with Gasteiger partial charge in [-0.15, -0.1) is 0 Å². The first kappa shape index (κ1) is 27.8. The largest absolute Gasteiger partial charge is 0.507 e. The van der Waals surface area contributed by atoms with Crippen LogP contribution in [0.25, 0.3) is 21.9 Å². The smallest absolute Gasteiger partial charge is 0.204 e. The van der Waals surface area contributed by atoms with Crippen molar-refractivity contribution >= 4 is 21.9 Å². The number of hydrogen-bond acceptors (Lipinski definition) is 8. The summed E-state index contributed by atoms with van der Waals surface area (Å²) in [6.45, 7) is 12.7. The highest BCUT2D eigenvalue weighted by Gasteiger charge is 2.24. The minimum atomic E-state index is -1.04. The summed E-state index contributed by atoms with van der Waals surface area (Å²) in [4.78, 5) is 13.7. The minimum absolute atomic E-state index is 0.00578. The molecule has 0 fully saturated rings. The number of fused-ring (bicyclic) bond motifs is 2. The summed E-state index contributed by atoms with van der Waals surface area (Å²) in [7, 11) is 1.37. The Morgan fingerprint density at radius 3 is 2.16 bits per heavy atom. The molecule has 1 heterocycles. The van der Waals surface area contributed by atoms with Crippen LogP contribution >= 0.6 is 0 Å². The Morgan fingerprint density at radius 1 is 0.973 bits per heavy atom. The molecule has 0 spiro atoms. The van der Waals surface area contributed by atoms with Crippen molar-refractivity contribution in [2.24, 2.45) is 0 Å². The molecule has 37 heavy (non-hydrogen) atoms. The fraction of sp³-hybridized carbons (Fsp3) is 0.345. The Labute approximate surface area is 215 Å². The van der Waals surface area contributed by atoms with Gasteiger partial charge in [-0.25, -0.2) is 0 Å². The molecule has 0 aliphatic heterocycles. The Morgan fingerprint density at radius 2 is 1.57 bits per heavy atom. The zero-order valence-electron chi connectivity index (χ0n) is 21.6. The zero-order chi connectivity index (χ0) is 27.6. The van der Waals surface area contributed by atoms with Gasteiger partial charge in [0, 0.05) is 29.7 Å². The summed E-state index contributed by atoms with van der Waals surface area (Å²) in [5.74, 6) is -0.974. The summed E-state index contributed by atoms with van der Waals surface area (Å²) in [5.41, 5.74) is 1.84. The number of phenols is 3. The molecule has 2 unspecified atom stereocenters. The van der Waals surface area contributed by atoms with Gasteiger partial charge in [-0.3, -0.25) is 4.79 Å². The van der Waals surface area contributed by atoms with Crippen LogP contribution in [-0.4, -0.2) is 44.9 Å². The first-order chi connectivity index (χ1) is 17.4. The molecule has 0 aliphatic carbocycles. The van der Waals surface area contributed by atoms with E-state index in [2.05, 4.69) is 13.2 Å². The number of ether oxygens (including phenoxy) is 1. The maximum atomic E-state index is 13.7. The second kappa shape index (κ2) is 11.1. The fourth-order valence-corrected chi connectivity index (χ4v) is 4.20. The number of aliphatic hydroxyl groups is 2. The lowest BCUT2D eigenvalue weighted by Gasteiger charge is -2.16. The van der Waals surface area contributed by atoms with Gasteiger partial charge in [0.2, 0.25) is 5.43 Å². The monoisotopic (exact) mass is 510 g/mol. The van der Waals surface area contributed by atoms with E-state index in [1.807, 2.05) is 13.0 Å². The molecule has 0 bridgehead atoms. The first-order valence-corrected chi connectivity index (χ1v) is 11.9. The number of allylic oxidation sites excluding steroid dienone is 2. The number of rotatable bonds is 10. The molecule has 1 aromatic heterocycles. The number of phenolic OH excluding ortho intramolecular Hbond substituents is 3. The molecule has 2 aromatic carbocycles. The standard InChI is InChI=1S/C29H34O8/c1-14(2)19(30)10-8-16(5)7-9-17-25-23(13-22(33)29(17)36-6)37-24-12-21(32)18(11-20(31)15(3)4)27(34)26(24)28(25)35/h7,12-13,19-20,30-34H,1,3,8-11H2,2,4-6H3/b16-7+. The molecule has 198 valence electrons. The van der Waals surface area contributed by atoms with Crippen LogP contribution in [0, 0.1) is 0 Å². The van der Waals surface area contributed by atoms with E-state index in [-0.39, 0.29) is 57.6 Å². The van der Waals surface area contributed by atoms with E-state index >= 15 is 0 Å². The maximum Gasteiger partial charge on any atom is 0.204 e. The van der Waals surface area contributed by atoms with Crippen molar-refractivity contribution in [3.63, 3.8) is 0 Å². The lowest BCUT2D eigenvalue weighted by molar-refractivity contribution is 0.201. The topological polar surface area (TPSA) is 141 Å². The Bertz CT molecular complexity index is 1460. The van der Waals surface area contributed by atoms with E-state index in [4.69, 9.17) is 9.15 Å². The highest BCUT2D eigenvalue weighted by atomic mass is 16.5. The third-order valence-electron chi connectivity index (χ3n) is 6.55. The summed E-state index contributed by atoms with van der Waals surface area (Å²) >= 11 is 0. The van der Waals surface area contributed by atoms with Crippen LogP contribution in [0.15, 0.2) is 57.3 Å². The lowest BCUT2D eigenvalue weighted by Crippen LogP contribution is -2.13. The van der Waals surface area contributed by atoms with Crippen LogP contribution in [0.4, 0.5) is 0 Å². The van der Waals surface area contributed by atoms with E-state index in [9.17, 15) is 30.3 Å². The van der Waals surface area contributed by atoms with Crippen molar-refractivity contribution in [1.82, 2.24) is 0 Å². The normalized spacial score (nSPS) is 13.6. The van der Waals surface area contributed by atoms with Gasteiger partial charge < -0.3 is 34.7 Å². The number of hydrogen-bond donors (Lipinski definition) is 5. The predicted molar refractivity (Wildman–Crippen MR) is 144 cm³/mol. The molecule has 0 amide bonds. The molecule has 3 aromatic rings. The van der Waals surface area contributed by atoms with Gasteiger partial charge in [0.15, 0.2) is 11.5 Å².